The van der Waals surface area contributed by atoms with E-state index < -0.39 is 41.1 Å². The fourth-order valence-corrected chi connectivity index (χ4v) is 42.7. The Hall–Kier alpha value is 1.55. The summed E-state index contributed by atoms with van der Waals surface area (Å²) in [6, 6.07) is 0. The van der Waals surface area contributed by atoms with Crippen molar-refractivity contribution < 1.29 is 5.58 Å². The molecule has 0 radical (unpaired) electrons. The molecule has 5 heteroatoms. The van der Waals surface area contributed by atoms with Crippen LogP contribution in [0.1, 0.15) is 0 Å². The SMILES string of the molecule is [CH3][Ge]([CH3])([CH3])[O][Ge]([CH3])([CH3])[O][Ge]([CH3])([CH3])[CH3]. The Labute approximate surface area is 92.2 Å². The topological polar surface area (TPSA) is 18.5 Å². The van der Waals surface area contributed by atoms with E-state index in [1.54, 1.807) is 0 Å². The molecule has 0 unspecified atom stereocenters. The van der Waals surface area contributed by atoms with Gasteiger partial charge in [0.25, 0.3) is 0 Å². The van der Waals surface area contributed by atoms with E-state index in [-0.39, 0.29) is 0 Å². The van der Waals surface area contributed by atoms with Crippen molar-refractivity contribution in [2.45, 2.75) is 46.0 Å². The molecule has 0 aliphatic rings. The van der Waals surface area contributed by atoms with E-state index in [0.717, 1.165) is 0 Å². The summed E-state index contributed by atoms with van der Waals surface area (Å²) in [6.45, 7) is 0. The third-order valence-corrected chi connectivity index (χ3v) is 29.8. The molecule has 0 rings (SSSR count). The Morgan fingerprint density at radius 1 is 0.538 bits per heavy atom. The van der Waals surface area contributed by atoms with Crippen LogP contribution in [-0.4, -0.2) is 41.1 Å². The molecule has 0 fully saturated rings. The predicted molar refractivity (Wildman–Crippen MR) is 66.3 cm³/mol. The van der Waals surface area contributed by atoms with Gasteiger partial charge in [0, 0.05) is 0 Å². The minimum atomic E-state index is -2.31. The number of hydrogen-bond acceptors (Lipinski definition) is 2. The van der Waals surface area contributed by atoms with Gasteiger partial charge in [0.1, 0.15) is 0 Å². The standard InChI is InChI=1S/C8H24Ge3O2/c1-9(2,3)12-11(7,8)13-10(4,5)6/h1-8H3. The van der Waals surface area contributed by atoms with Crippen molar-refractivity contribution >= 4 is 41.1 Å². The molecule has 0 aromatic rings. The van der Waals surface area contributed by atoms with Crippen LogP contribution in [0.3, 0.4) is 0 Å². The van der Waals surface area contributed by atoms with Gasteiger partial charge in [-0.25, -0.2) is 0 Å². The van der Waals surface area contributed by atoms with Crippen molar-refractivity contribution in [1.29, 1.82) is 0 Å². The van der Waals surface area contributed by atoms with Gasteiger partial charge in [0.2, 0.25) is 0 Å². The van der Waals surface area contributed by atoms with Gasteiger partial charge in [0.15, 0.2) is 0 Å². The maximum atomic E-state index is 6.20. The first-order valence-corrected chi connectivity index (χ1v) is 25.0. The number of rotatable bonds is 4. The molecule has 0 atom stereocenters. The average Bonchev–Trinajstić information content (AvgIpc) is 1.43. The fraction of sp³-hybridized carbons (Fsp3) is 1.00. The first-order chi connectivity index (χ1) is 5.41. The van der Waals surface area contributed by atoms with E-state index >= 15 is 0 Å². The monoisotopic (exact) mass is 374 g/mol. The molecule has 0 N–H and O–H groups in total. The molecule has 13 heavy (non-hydrogen) atoms. The Morgan fingerprint density at radius 3 is 0.923 bits per heavy atom. The third-order valence-electron chi connectivity index (χ3n) is 1.10. The van der Waals surface area contributed by atoms with Gasteiger partial charge < -0.3 is 0 Å². The van der Waals surface area contributed by atoms with Crippen LogP contribution in [0.15, 0.2) is 0 Å². The molecule has 0 heterocycles. The number of hydrogen-bond donors (Lipinski definition) is 0. The zero-order valence-electron chi connectivity index (χ0n) is 10.3. The normalized spacial score (nSPS) is 14.8. The van der Waals surface area contributed by atoms with E-state index in [2.05, 4.69) is 46.0 Å². The van der Waals surface area contributed by atoms with Gasteiger partial charge in [-0.05, 0) is 0 Å². The molecule has 0 bridgehead atoms. The molecule has 0 amide bonds. The maximum absolute atomic E-state index is 6.20. The van der Waals surface area contributed by atoms with Crippen LogP contribution in [0.2, 0.25) is 46.0 Å². The fourth-order valence-electron chi connectivity index (χ4n) is 1.50. The van der Waals surface area contributed by atoms with Crippen LogP contribution in [-0.2, 0) is 5.58 Å². The van der Waals surface area contributed by atoms with Gasteiger partial charge in [-0.15, -0.1) is 0 Å². The Morgan fingerprint density at radius 2 is 0.769 bits per heavy atom. The van der Waals surface area contributed by atoms with Crippen LogP contribution in [0.5, 0.6) is 0 Å². The molecular weight excluding hydrogens is 346 g/mol. The van der Waals surface area contributed by atoms with Gasteiger partial charge >= 0.3 is 92.8 Å². The van der Waals surface area contributed by atoms with E-state index in [0.29, 0.717) is 0 Å². The third kappa shape index (κ3) is 9.84. The summed E-state index contributed by atoms with van der Waals surface area (Å²) in [5.74, 6) is 18.2. The van der Waals surface area contributed by atoms with Crippen molar-refractivity contribution in [3.63, 3.8) is 0 Å². The molecule has 80 valence electrons. The van der Waals surface area contributed by atoms with E-state index in [4.69, 9.17) is 5.58 Å². The Bertz CT molecular complexity index is 149. The minimum absolute atomic E-state index is 1.87. The van der Waals surface area contributed by atoms with E-state index in [1.807, 2.05) is 0 Å². The van der Waals surface area contributed by atoms with Crippen LogP contribution < -0.4 is 0 Å². The van der Waals surface area contributed by atoms with E-state index in [9.17, 15) is 0 Å². The quantitative estimate of drug-likeness (QED) is 0.707. The predicted octanol–water partition coefficient (Wildman–Crippen LogP) is 3.39. The van der Waals surface area contributed by atoms with Gasteiger partial charge in [0.05, 0.1) is 0 Å². The zero-order chi connectivity index (χ0) is 10.9. The molecule has 0 saturated heterocycles. The van der Waals surface area contributed by atoms with Crippen molar-refractivity contribution in [1.82, 2.24) is 0 Å². The summed E-state index contributed by atoms with van der Waals surface area (Å²) in [6.07, 6.45) is 0. The van der Waals surface area contributed by atoms with Crippen molar-refractivity contribution in [3.05, 3.63) is 0 Å². The van der Waals surface area contributed by atoms with Crippen LogP contribution >= 0.6 is 0 Å². The van der Waals surface area contributed by atoms with Crippen molar-refractivity contribution in [2.24, 2.45) is 0 Å². The van der Waals surface area contributed by atoms with Crippen LogP contribution in [0.25, 0.3) is 0 Å². The van der Waals surface area contributed by atoms with E-state index in [1.165, 1.54) is 0 Å². The zero-order valence-corrected chi connectivity index (χ0v) is 16.6. The summed E-state index contributed by atoms with van der Waals surface area (Å²) < 4.78 is 12.4. The summed E-state index contributed by atoms with van der Waals surface area (Å²) >= 11 is -6.06. The second kappa shape index (κ2) is 4.59. The van der Waals surface area contributed by atoms with Crippen LogP contribution in [0.4, 0.5) is 0 Å². The molecular formula is C8H24Ge3O2. The summed E-state index contributed by atoms with van der Waals surface area (Å²) in [5.41, 5.74) is 0. The molecule has 0 aliphatic heterocycles. The second-order valence-electron chi connectivity index (χ2n) is 5.83. The molecule has 0 aromatic carbocycles. The molecule has 0 aliphatic carbocycles. The Balaban J connectivity index is 4.25. The van der Waals surface area contributed by atoms with Crippen molar-refractivity contribution in [2.75, 3.05) is 0 Å². The molecule has 0 saturated carbocycles. The molecule has 0 aromatic heterocycles. The average molecular weight is 370 g/mol. The van der Waals surface area contributed by atoms with Crippen molar-refractivity contribution in [3.8, 4) is 0 Å². The Kier molecular flexibility index (Phi) is 5.14. The summed E-state index contributed by atoms with van der Waals surface area (Å²) in [5, 5.41) is 0. The summed E-state index contributed by atoms with van der Waals surface area (Å²) in [7, 11) is 0. The van der Waals surface area contributed by atoms with Crippen LogP contribution in [0, 0.1) is 0 Å². The first kappa shape index (κ1) is 14.5. The van der Waals surface area contributed by atoms with Gasteiger partial charge in [-0.3, -0.25) is 0 Å². The molecule has 0 spiro atoms. The van der Waals surface area contributed by atoms with Gasteiger partial charge in [-0.2, -0.15) is 0 Å². The molecule has 2 nitrogen and oxygen atoms in total. The van der Waals surface area contributed by atoms with Gasteiger partial charge in [-0.1, -0.05) is 0 Å². The first-order valence-electron chi connectivity index (χ1n) is 4.82. The summed E-state index contributed by atoms with van der Waals surface area (Å²) in [4.78, 5) is 0. The second-order valence-corrected chi connectivity index (χ2v) is 34.7.